The van der Waals surface area contributed by atoms with Crippen molar-refractivity contribution < 1.29 is 19.8 Å². The van der Waals surface area contributed by atoms with E-state index in [9.17, 15) is 19.8 Å². The van der Waals surface area contributed by atoms with Crippen LogP contribution in [0.2, 0.25) is 0 Å². The van der Waals surface area contributed by atoms with Gasteiger partial charge in [0, 0.05) is 29.0 Å². The van der Waals surface area contributed by atoms with Crippen molar-refractivity contribution >= 4 is 33.4 Å². The Balaban J connectivity index is 1.85. The van der Waals surface area contributed by atoms with E-state index in [1.807, 2.05) is 6.07 Å². The minimum atomic E-state index is -0.797. The number of aromatic hydroxyl groups is 1. The molecule has 0 saturated carbocycles. The number of benzene rings is 2. The quantitative estimate of drug-likeness (QED) is 0.343. The van der Waals surface area contributed by atoms with Crippen LogP contribution in [0, 0.1) is 0 Å². The molecule has 1 aliphatic rings. The van der Waals surface area contributed by atoms with Gasteiger partial charge < -0.3 is 15.1 Å². The van der Waals surface area contributed by atoms with Crippen LogP contribution in [0.1, 0.15) is 22.7 Å². The molecule has 2 aromatic carbocycles. The van der Waals surface area contributed by atoms with E-state index in [4.69, 9.17) is 0 Å². The maximum Gasteiger partial charge on any atom is 0.295 e. The minimum Gasteiger partial charge on any atom is -0.508 e. The topological polar surface area (TPSA) is 90.7 Å². The Morgan fingerprint density at radius 1 is 1.03 bits per heavy atom. The van der Waals surface area contributed by atoms with Crippen LogP contribution in [0.25, 0.3) is 5.76 Å². The van der Waals surface area contributed by atoms with E-state index >= 15 is 0 Å². The van der Waals surface area contributed by atoms with Gasteiger partial charge in [-0.1, -0.05) is 46.3 Å². The molecule has 3 aromatic rings. The highest BCUT2D eigenvalue weighted by atomic mass is 79.9. The Bertz CT molecular complexity index is 1130. The normalized spacial score (nSPS) is 18.0. The number of halogens is 1. The van der Waals surface area contributed by atoms with Crippen molar-refractivity contribution in [2.24, 2.45) is 0 Å². The lowest BCUT2D eigenvalue weighted by Crippen LogP contribution is -2.29. The maximum atomic E-state index is 13.0. The molecule has 30 heavy (non-hydrogen) atoms. The smallest absolute Gasteiger partial charge is 0.295 e. The number of carbonyl (C=O) groups excluding carboxylic acids is 2. The number of nitrogens with zero attached hydrogens (tertiary/aromatic N) is 2. The average molecular weight is 465 g/mol. The van der Waals surface area contributed by atoms with E-state index < -0.39 is 17.7 Å². The van der Waals surface area contributed by atoms with Crippen LogP contribution in [0.15, 0.2) is 83.1 Å². The van der Waals surface area contributed by atoms with Crippen LogP contribution in [0.4, 0.5) is 0 Å². The standard InChI is InChI=1S/C23H17BrN2O4/c24-17-7-3-16(4-8-17)21(28)19-20(15-5-9-18(27)10-6-15)26(23(30)22(19)29)13-14-2-1-11-25-12-14/h1-12,20,27-28H,13H2/b21-19+. The molecule has 2 heterocycles. The van der Waals surface area contributed by atoms with Crippen LogP contribution < -0.4 is 0 Å². The molecule has 0 aliphatic carbocycles. The minimum absolute atomic E-state index is 0.0110. The molecule has 2 N–H and O–H groups in total. The van der Waals surface area contributed by atoms with Gasteiger partial charge in [-0.25, -0.2) is 0 Å². The first-order chi connectivity index (χ1) is 14.5. The summed E-state index contributed by atoms with van der Waals surface area (Å²) in [7, 11) is 0. The number of phenols is 1. The SMILES string of the molecule is O=C1C(=O)N(Cc2cccnc2)C(c2ccc(O)cc2)/C1=C(\O)c1ccc(Br)cc1. The van der Waals surface area contributed by atoms with Crippen molar-refractivity contribution in [3.05, 3.63) is 99.8 Å². The maximum absolute atomic E-state index is 13.0. The summed E-state index contributed by atoms with van der Waals surface area (Å²) in [6.07, 6.45) is 3.25. The Hall–Kier alpha value is -3.45. The number of Topliss-reactive ketones (excluding diaryl/α,β-unsaturated/α-hetero) is 1. The van der Waals surface area contributed by atoms with Crippen molar-refractivity contribution in [1.82, 2.24) is 9.88 Å². The molecule has 1 atom stereocenters. The van der Waals surface area contributed by atoms with Crippen molar-refractivity contribution in [3.8, 4) is 5.75 Å². The van der Waals surface area contributed by atoms with Crippen molar-refractivity contribution in [2.75, 3.05) is 0 Å². The first kappa shape index (κ1) is 19.8. The number of pyridine rings is 1. The highest BCUT2D eigenvalue weighted by molar-refractivity contribution is 9.10. The Morgan fingerprint density at radius 3 is 2.37 bits per heavy atom. The summed E-state index contributed by atoms with van der Waals surface area (Å²) in [5.74, 6) is -1.63. The van der Waals surface area contributed by atoms with Gasteiger partial charge in [-0.2, -0.15) is 0 Å². The fourth-order valence-corrected chi connectivity index (χ4v) is 3.76. The van der Waals surface area contributed by atoms with Gasteiger partial charge in [-0.3, -0.25) is 14.6 Å². The third-order valence-electron chi connectivity index (χ3n) is 4.94. The number of hydrogen-bond donors (Lipinski definition) is 2. The molecule has 7 heteroatoms. The van der Waals surface area contributed by atoms with Crippen LogP contribution in [0.3, 0.4) is 0 Å². The van der Waals surface area contributed by atoms with Gasteiger partial charge in [0.2, 0.25) is 0 Å². The summed E-state index contributed by atoms with van der Waals surface area (Å²) in [5.41, 5.74) is 1.81. The summed E-state index contributed by atoms with van der Waals surface area (Å²) < 4.78 is 0.825. The zero-order valence-electron chi connectivity index (χ0n) is 15.7. The zero-order chi connectivity index (χ0) is 21.3. The number of aliphatic hydroxyl groups is 1. The highest BCUT2D eigenvalue weighted by Crippen LogP contribution is 2.40. The van der Waals surface area contributed by atoms with Crippen molar-refractivity contribution in [3.63, 3.8) is 0 Å². The second-order valence-corrected chi connectivity index (χ2v) is 7.80. The van der Waals surface area contributed by atoms with Crippen LogP contribution in [-0.4, -0.2) is 31.8 Å². The summed E-state index contributed by atoms with van der Waals surface area (Å²) in [6, 6.07) is 15.8. The summed E-state index contributed by atoms with van der Waals surface area (Å²) in [4.78, 5) is 31.4. The van der Waals surface area contributed by atoms with Crippen molar-refractivity contribution in [2.45, 2.75) is 12.6 Å². The monoisotopic (exact) mass is 464 g/mol. The molecule has 1 saturated heterocycles. The number of carbonyl (C=O) groups is 2. The fraction of sp³-hybridized carbons (Fsp3) is 0.0870. The predicted octanol–water partition coefficient (Wildman–Crippen LogP) is 4.17. The largest absolute Gasteiger partial charge is 0.508 e. The molecule has 1 amide bonds. The van der Waals surface area contributed by atoms with E-state index in [-0.39, 0.29) is 23.6 Å². The number of likely N-dealkylation sites (tertiary alicyclic amines) is 1. The molecule has 6 nitrogen and oxygen atoms in total. The number of phenolic OH excluding ortho intramolecular Hbond substituents is 1. The number of amides is 1. The van der Waals surface area contributed by atoms with E-state index in [0.717, 1.165) is 10.0 Å². The molecule has 1 fully saturated rings. The molecule has 0 spiro atoms. The van der Waals surface area contributed by atoms with Crippen LogP contribution >= 0.6 is 15.9 Å². The summed E-state index contributed by atoms with van der Waals surface area (Å²) >= 11 is 3.34. The number of ketones is 1. The van der Waals surface area contributed by atoms with Gasteiger partial charge in [0.1, 0.15) is 11.5 Å². The molecule has 4 rings (SSSR count). The lowest BCUT2D eigenvalue weighted by atomic mass is 9.95. The van der Waals surface area contributed by atoms with E-state index in [2.05, 4.69) is 20.9 Å². The van der Waals surface area contributed by atoms with Gasteiger partial charge >= 0.3 is 0 Å². The second-order valence-electron chi connectivity index (χ2n) is 6.89. The number of rotatable bonds is 4. The third-order valence-corrected chi connectivity index (χ3v) is 5.47. The first-order valence-electron chi connectivity index (χ1n) is 9.18. The number of aromatic nitrogens is 1. The van der Waals surface area contributed by atoms with Crippen LogP contribution in [0.5, 0.6) is 5.75 Å². The average Bonchev–Trinajstić information content (AvgIpc) is 3.00. The Morgan fingerprint density at radius 2 is 1.73 bits per heavy atom. The first-order valence-corrected chi connectivity index (χ1v) is 9.97. The molecule has 1 aliphatic heterocycles. The summed E-state index contributed by atoms with van der Waals surface area (Å²) in [5, 5.41) is 20.6. The fourth-order valence-electron chi connectivity index (χ4n) is 3.50. The molecule has 1 aromatic heterocycles. The third kappa shape index (κ3) is 3.71. The predicted molar refractivity (Wildman–Crippen MR) is 114 cm³/mol. The van der Waals surface area contributed by atoms with Gasteiger partial charge in [0.05, 0.1) is 11.6 Å². The van der Waals surface area contributed by atoms with Gasteiger partial charge in [-0.05, 0) is 41.5 Å². The molecule has 0 bridgehead atoms. The summed E-state index contributed by atoms with van der Waals surface area (Å²) in [6.45, 7) is 0.154. The molecule has 0 radical (unpaired) electrons. The van der Waals surface area contributed by atoms with Crippen LogP contribution in [-0.2, 0) is 16.1 Å². The van der Waals surface area contributed by atoms with Gasteiger partial charge in [0.15, 0.2) is 0 Å². The highest BCUT2D eigenvalue weighted by Gasteiger charge is 2.46. The number of aliphatic hydroxyl groups excluding tert-OH is 1. The lowest BCUT2D eigenvalue weighted by Gasteiger charge is -2.25. The van der Waals surface area contributed by atoms with E-state index in [0.29, 0.717) is 11.1 Å². The second kappa shape index (κ2) is 8.12. The molecule has 150 valence electrons. The molecular formula is C23H17BrN2O4. The zero-order valence-corrected chi connectivity index (χ0v) is 17.3. The van der Waals surface area contributed by atoms with E-state index in [1.165, 1.54) is 17.0 Å². The Labute approximate surface area is 181 Å². The lowest BCUT2D eigenvalue weighted by molar-refractivity contribution is -0.140. The van der Waals surface area contributed by atoms with Gasteiger partial charge in [0.25, 0.3) is 11.7 Å². The Kier molecular flexibility index (Phi) is 5.37. The van der Waals surface area contributed by atoms with Gasteiger partial charge in [-0.15, -0.1) is 0 Å². The molecular weight excluding hydrogens is 448 g/mol. The molecule has 1 unspecified atom stereocenters. The van der Waals surface area contributed by atoms with E-state index in [1.54, 1.807) is 54.9 Å². The number of hydrogen-bond acceptors (Lipinski definition) is 5. The van der Waals surface area contributed by atoms with Crippen molar-refractivity contribution in [1.29, 1.82) is 0 Å².